The second kappa shape index (κ2) is 7.75. The fraction of sp³-hybridized carbons (Fsp3) is 0.722. The molecule has 1 aliphatic carbocycles. The highest BCUT2D eigenvalue weighted by atomic mass is 16.2. The lowest BCUT2D eigenvalue weighted by Gasteiger charge is -2.24. The van der Waals surface area contributed by atoms with Crippen LogP contribution in [0, 0.1) is 6.92 Å². The van der Waals surface area contributed by atoms with E-state index in [4.69, 9.17) is 0 Å². The van der Waals surface area contributed by atoms with Gasteiger partial charge in [0.1, 0.15) is 17.3 Å². The van der Waals surface area contributed by atoms with Crippen LogP contribution in [0.2, 0.25) is 0 Å². The first kappa shape index (κ1) is 16.2. The molecule has 1 saturated heterocycles. The zero-order chi connectivity index (χ0) is 16.1. The Kier molecular flexibility index (Phi) is 5.47. The number of likely N-dealkylation sites (tertiary alicyclic amines) is 1. The molecule has 126 valence electrons. The molecule has 2 fully saturated rings. The minimum absolute atomic E-state index is 0.0593. The molecule has 0 unspecified atom stereocenters. The predicted molar refractivity (Wildman–Crippen MR) is 91.6 cm³/mol. The molecule has 0 aromatic carbocycles. The zero-order valence-corrected chi connectivity index (χ0v) is 14.2. The van der Waals surface area contributed by atoms with Gasteiger partial charge in [0.05, 0.1) is 0 Å². The highest BCUT2D eigenvalue weighted by Gasteiger charge is 2.20. The van der Waals surface area contributed by atoms with Gasteiger partial charge in [0.25, 0.3) is 5.91 Å². The van der Waals surface area contributed by atoms with Gasteiger partial charge in [0.15, 0.2) is 0 Å². The SMILES string of the molecule is Cc1nc(NC2CCCCC2)cc(C(=O)N2CCCCCC2)n1. The standard InChI is InChI=1S/C18H28N4O/c1-14-19-16(18(23)22-11-7-2-3-8-12-22)13-17(20-14)21-15-9-5-4-6-10-15/h13,15H,2-12H2,1H3,(H,19,20,21). The van der Waals surface area contributed by atoms with Gasteiger partial charge in [-0.1, -0.05) is 32.1 Å². The van der Waals surface area contributed by atoms with Crippen molar-refractivity contribution in [1.29, 1.82) is 0 Å². The second-order valence-electron chi connectivity index (χ2n) is 6.87. The van der Waals surface area contributed by atoms with Crippen molar-refractivity contribution in [1.82, 2.24) is 14.9 Å². The van der Waals surface area contributed by atoms with Crippen LogP contribution in [0.4, 0.5) is 5.82 Å². The lowest BCUT2D eigenvalue weighted by atomic mass is 9.95. The minimum atomic E-state index is 0.0593. The summed E-state index contributed by atoms with van der Waals surface area (Å²) in [4.78, 5) is 23.6. The maximum Gasteiger partial charge on any atom is 0.272 e. The Labute approximate surface area is 138 Å². The minimum Gasteiger partial charge on any atom is -0.367 e. The summed E-state index contributed by atoms with van der Waals surface area (Å²) in [5.41, 5.74) is 0.540. The Bertz CT molecular complexity index is 532. The number of anilines is 1. The second-order valence-corrected chi connectivity index (χ2v) is 6.87. The lowest BCUT2D eigenvalue weighted by molar-refractivity contribution is 0.0755. The summed E-state index contributed by atoms with van der Waals surface area (Å²) in [7, 11) is 0. The van der Waals surface area contributed by atoms with Crippen LogP contribution in [0.15, 0.2) is 6.07 Å². The van der Waals surface area contributed by atoms with Crippen molar-refractivity contribution in [3.63, 3.8) is 0 Å². The number of aryl methyl sites for hydroxylation is 1. The summed E-state index contributed by atoms with van der Waals surface area (Å²) in [6, 6.07) is 2.33. The van der Waals surface area contributed by atoms with Crippen LogP contribution < -0.4 is 5.32 Å². The molecule has 1 aromatic rings. The Morgan fingerprint density at radius 3 is 2.39 bits per heavy atom. The van der Waals surface area contributed by atoms with Crippen LogP contribution in [0.1, 0.15) is 74.1 Å². The highest BCUT2D eigenvalue weighted by molar-refractivity contribution is 5.93. The molecule has 1 amide bonds. The third-order valence-corrected chi connectivity index (χ3v) is 4.91. The molecule has 0 bridgehead atoms. The van der Waals surface area contributed by atoms with E-state index in [1.54, 1.807) is 0 Å². The Hall–Kier alpha value is -1.65. The first-order valence-corrected chi connectivity index (χ1v) is 9.14. The largest absolute Gasteiger partial charge is 0.367 e. The fourth-order valence-electron chi connectivity index (χ4n) is 3.64. The van der Waals surface area contributed by atoms with Gasteiger partial charge in [0, 0.05) is 25.2 Å². The van der Waals surface area contributed by atoms with Gasteiger partial charge >= 0.3 is 0 Å². The average Bonchev–Trinajstić information content (AvgIpc) is 2.84. The third-order valence-electron chi connectivity index (χ3n) is 4.91. The quantitative estimate of drug-likeness (QED) is 0.926. The number of amides is 1. The predicted octanol–water partition coefficient (Wildman–Crippen LogP) is 3.55. The molecule has 0 atom stereocenters. The van der Waals surface area contributed by atoms with Crippen LogP contribution in [-0.2, 0) is 0 Å². The average molecular weight is 316 g/mol. The van der Waals surface area contributed by atoms with Gasteiger partial charge in [-0.05, 0) is 32.6 Å². The number of carbonyl (C=O) groups excluding carboxylic acids is 1. The molecule has 23 heavy (non-hydrogen) atoms. The molecule has 2 aliphatic rings. The molecule has 1 aromatic heterocycles. The van der Waals surface area contributed by atoms with E-state index in [0.717, 1.165) is 31.7 Å². The number of carbonyl (C=O) groups is 1. The summed E-state index contributed by atoms with van der Waals surface area (Å²) in [6.45, 7) is 3.58. The van der Waals surface area contributed by atoms with Crippen molar-refractivity contribution >= 4 is 11.7 Å². The normalized spacial score (nSPS) is 20.1. The van der Waals surface area contributed by atoms with Crippen molar-refractivity contribution in [2.45, 2.75) is 70.8 Å². The highest BCUT2D eigenvalue weighted by Crippen LogP contribution is 2.21. The molecule has 5 nitrogen and oxygen atoms in total. The van der Waals surface area contributed by atoms with Gasteiger partial charge in [-0.2, -0.15) is 0 Å². The van der Waals surface area contributed by atoms with E-state index in [-0.39, 0.29) is 5.91 Å². The van der Waals surface area contributed by atoms with Gasteiger partial charge < -0.3 is 10.2 Å². The van der Waals surface area contributed by atoms with Gasteiger partial charge in [0.2, 0.25) is 0 Å². The van der Waals surface area contributed by atoms with Crippen LogP contribution in [-0.4, -0.2) is 39.9 Å². The van der Waals surface area contributed by atoms with Crippen LogP contribution in [0.5, 0.6) is 0 Å². The van der Waals surface area contributed by atoms with Crippen LogP contribution in [0.25, 0.3) is 0 Å². The van der Waals surface area contributed by atoms with Gasteiger partial charge in [-0.25, -0.2) is 9.97 Å². The summed E-state index contributed by atoms with van der Waals surface area (Å²) >= 11 is 0. The number of nitrogens with one attached hydrogen (secondary N) is 1. The van der Waals surface area contributed by atoms with E-state index in [1.165, 1.54) is 44.9 Å². The first-order valence-electron chi connectivity index (χ1n) is 9.14. The van der Waals surface area contributed by atoms with Gasteiger partial charge in [-0.3, -0.25) is 4.79 Å². The van der Waals surface area contributed by atoms with Crippen molar-refractivity contribution in [3.05, 3.63) is 17.6 Å². The number of hydrogen-bond donors (Lipinski definition) is 1. The zero-order valence-electron chi connectivity index (χ0n) is 14.2. The third kappa shape index (κ3) is 4.43. The molecule has 1 aliphatic heterocycles. The number of rotatable bonds is 3. The monoisotopic (exact) mass is 316 g/mol. The fourth-order valence-corrected chi connectivity index (χ4v) is 3.64. The molecular weight excluding hydrogens is 288 g/mol. The molecule has 0 radical (unpaired) electrons. The van der Waals surface area contributed by atoms with E-state index in [2.05, 4.69) is 15.3 Å². The van der Waals surface area contributed by atoms with Crippen LogP contribution >= 0.6 is 0 Å². The summed E-state index contributed by atoms with van der Waals surface area (Å²) in [5.74, 6) is 1.54. The number of nitrogens with zero attached hydrogens (tertiary/aromatic N) is 3. The van der Waals surface area contributed by atoms with E-state index in [0.29, 0.717) is 17.6 Å². The summed E-state index contributed by atoms with van der Waals surface area (Å²) in [5, 5.41) is 3.51. The smallest absolute Gasteiger partial charge is 0.272 e. The summed E-state index contributed by atoms with van der Waals surface area (Å²) < 4.78 is 0. The number of aromatic nitrogens is 2. The maximum absolute atomic E-state index is 12.8. The van der Waals surface area contributed by atoms with Crippen molar-refractivity contribution in [2.75, 3.05) is 18.4 Å². The Morgan fingerprint density at radius 2 is 1.70 bits per heavy atom. The number of hydrogen-bond acceptors (Lipinski definition) is 4. The Balaban J connectivity index is 1.72. The molecule has 3 rings (SSSR count). The topological polar surface area (TPSA) is 58.1 Å². The lowest BCUT2D eigenvalue weighted by Crippen LogP contribution is -2.33. The molecule has 0 spiro atoms. The van der Waals surface area contributed by atoms with Gasteiger partial charge in [-0.15, -0.1) is 0 Å². The summed E-state index contributed by atoms with van der Waals surface area (Å²) in [6.07, 6.45) is 10.9. The van der Waals surface area contributed by atoms with Crippen molar-refractivity contribution in [2.24, 2.45) is 0 Å². The molecule has 5 heteroatoms. The van der Waals surface area contributed by atoms with Crippen molar-refractivity contribution in [3.8, 4) is 0 Å². The molecule has 1 saturated carbocycles. The molecular formula is C18H28N4O. The first-order chi connectivity index (χ1) is 11.2. The van der Waals surface area contributed by atoms with E-state index in [1.807, 2.05) is 17.9 Å². The van der Waals surface area contributed by atoms with E-state index >= 15 is 0 Å². The van der Waals surface area contributed by atoms with E-state index < -0.39 is 0 Å². The Morgan fingerprint density at radius 1 is 1.04 bits per heavy atom. The maximum atomic E-state index is 12.8. The van der Waals surface area contributed by atoms with E-state index in [9.17, 15) is 4.79 Å². The van der Waals surface area contributed by atoms with Crippen molar-refractivity contribution < 1.29 is 4.79 Å². The molecule has 1 N–H and O–H groups in total. The molecule has 2 heterocycles. The van der Waals surface area contributed by atoms with Crippen LogP contribution in [0.3, 0.4) is 0 Å².